The van der Waals surface area contributed by atoms with E-state index in [0.29, 0.717) is 11.6 Å². The Morgan fingerprint density at radius 3 is 2.56 bits per heavy atom. The zero-order valence-corrected chi connectivity index (χ0v) is 15.5. The molecule has 5 heteroatoms. The quantitative estimate of drug-likeness (QED) is 0.713. The number of nitrogens with zero attached hydrogens (tertiary/aromatic N) is 3. The van der Waals surface area contributed by atoms with E-state index in [1.807, 2.05) is 35.2 Å². The van der Waals surface area contributed by atoms with Gasteiger partial charge in [0, 0.05) is 37.4 Å². The van der Waals surface area contributed by atoms with Gasteiger partial charge in [0.25, 0.3) is 0 Å². The van der Waals surface area contributed by atoms with Crippen LogP contribution in [0.15, 0.2) is 65.3 Å². The second kappa shape index (κ2) is 7.66. The molecule has 0 atom stereocenters. The van der Waals surface area contributed by atoms with Gasteiger partial charge in [-0.1, -0.05) is 30.3 Å². The highest BCUT2D eigenvalue weighted by molar-refractivity contribution is 5.78. The van der Waals surface area contributed by atoms with Crippen LogP contribution < -0.4 is 4.90 Å². The average molecular weight is 361 g/mol. The first kappa shape index (κ1) is 17.3. The van der Waals surface area contributed by atoms with Gasteiger partial charge in [0.1, 0.15) is 6.26 Å². The van der Waals surface area contributed by atoms with Gasteiger partial charge < -0.3 is 14.2 Å². The van der Waals surface area contributed by atoms with Crippen molar-refractivity contribution >= 4 is 11.6 Å². The molecular weight excluding hydrogens is 338 g/mol. The number of piperazine rings is 1. The monoisotopic (exact) mass is 361 g/mol. The number of aryl methyl sites for hydroxylation is 1. The molecule has 0 N–H and O–H groups in total. The number of aromatic nitrogens is 1. The molecule has 2 heterocycles. The van der Waals surface area contributed by atoms with Gasteiger partial charge in [-0.15, -0.1) is 0 Å². The van der Waals surface area contributed by atoms with Gasteiger partial charge in [0.05, 0.1) is 12.1 Å². The van der Waals surface area contributed by atoms with Crippen LogP contribution in [0.25, 0.3) is 11.5 Å². The lowest BCUT2D eigenvalue weighted by Crippen LogP contribution is -2.49. The fourth-order valence-corrected chi connectivity index (χ4v) is 3.41. The highest BCUT2D eigenvalue weighted by Crippen LogP contribution is 2.20. The van der Waals surface area contributed by atoms with E-state index in [4.69, 9.17) is 4.42 Å². The van der Waals surface area contributed by atoms with Crippen LogP contribution >= 0.6 is 0 Å². The molecule has 27 heavy (non-hydrogen) atoms. The Bertz CT molecular complexity index is 912. The van der Waals surface area contributed by atoms with E-state index >= 15 is 0 Å². The molecule has 2 aromatic carbocycles. The second-order valence-electron chi connectivity index (χ2n) is 6.89. The summed E-state index contributed by atoms with van der Waals surface area (Å²) in [7, 11) is 0. The van der Waals surface area contributed by atoms with E-state index in [0.717, 1.165) is 31.7 Å². The summed E-state index contributed by atoms with van der Waals surface area (Å²) in [5.41, 5.74) is 4.08. The van der Waals surface area contributed by atoms with Gasteiger partial charge in [-0.2, -0.15) is 0 Å². The summed E-state index contributed by atoms with van der Waals surface area (Å²) in [5, 5.41) is 0. The lowest BCUT2D eigenvalue weighted by Gasteiger charge is -2.36. The standard InChI is InChI=1S/C22H23N3O2/c1-17-6-5-9-20(14-17)24-10-12-25(13-11-24)21(26)15-19-16-27-22(23-19)18-7-3-2-4-8-18/h2-9,14,16H,10-13,15H2,1H3. The normalized spacial score (nSPS) is 14.4. The van der Waals surface area contributed by atoms with Crippen LogP contribution in [0.5, 0.6) is 0 Å². The molecule has 0 saturated carbocycles. The number of hydrogen-bond donors (Lipinski definition) is 0. The number of oxazole rings is 1. The maximum Gasteiger partial charge on any atom is 0.228 e. The van der Waals surface area contributed by atoms with Gasteiger partial charge in [-0.25, -0.2) is 4.98 Å². The molecule has 138 valence electrons. The molecule has 0 unspecified atom stereocenters. The van der Waals surface area contributed by atoms with Crippen LogP contribution in [-0.4, -0.2) is 42.0 Å². The number of benzene rings is 2. The summed E-state index contributed by atoms with van der Waals surface area (Å²) in [6.07, 6.45) is 1.87. The van der Waals surface area contributed by atoms with Gasteiger partial charge in [-0.05, 0) is 36.8 Å². The molecule has 0 aliphatic carbocycles. The molecule has 0 spiro atoms. The molecule has 1 fully saturated rings. The molecule has 1 aromatic heterocycles. The van der Waals surface area contributed by atoms with Crippen molar-refractivity contribution < 1.29 is 9.21 Å². The van der Waals surface area contributed by atoms with E-state index in [1.165, 1.54) is 11.3 Å². The molecule has 1 saturated heterocycles. The van der Waals surface area contributed by atoms with Crippen LogP contribution in [0, 0.1) is 6.92 Å². The number of anilines is 1. The molecule has 1 aliphatic heterocycles. The molecule has 1 amide bonds. The van der Waals surface area contributed by atoms with Crippen molar-refractivity contribution in [3.63, 3.8) is 0 Å². The largest absolute Gasteiger partial charge is 0.444 e. The summed E-state index contributed by atoms with van der Waals surface area (Å²) in [4.78, 5) is 21.4. The Kier molecular flexibility index (Phi) is 4.92. The second-order valence-corrected chi connectivity index (χ2v) is 6.89. The Balaban J connectivity index is 1.34. The summed E-state index contributed by atoms with van der Waals surface area (Å²) in [6, 6.07) is 18.2. The van der Waals surface area contributed by atoms with Crippen LogP contribution in [0.2, 0.25) is 0 Å². The van der Waals surface area contributed by atoms with Crippen LogP contribution in [0.4, 0.5) is 5.69 Å². The van der Waals surface area contributed by atoms with Crippen LogP contribution in [0.3, 0.4) is 0 Å². The van der Waals surface area contributed by atoms with Gasteiger partial charge >= 0.3 is 0 Å². The molecule has 0 bridgehead atoms. The van der Waals surface area contributed by atoms with Crippen molar-refractivity contribution in [3.05, 3.63) is 72.1 Å². The fourth-order valence-electron chi connectivity index (χ4n) is 3.41. The Morgan fingerprint density at radius 2 is 1.81 bits per heavy atom. The van der Waals surface area contributed by atoms with Crippen molar-refractivity contribution in [2.45, 2.75) is 13.3 Å². The van der Waals surface area contributed by atoms with E-state index in [2.05, 4.69) is 41.1 Å². The van der Waals surface area contributed by atoms with E-state index in [-0.39, 0.29) is 12.3 Å². The number of amides is 1. The number of carbonyl (C=O) groups excluding carboxylic acids is 1. The molecule has 0 radical (unpaired) electrons. The summed E-state index contributed by atoms with van der Waals surface area (Å²) >= 11 is 0. The maximum absolute atomic E-state index is 12.6. The minimum atomic E-state index is 0.104. The molecule has 4 rings (SSSR count). The zero-order valence-electron chi connectivity index (χ0n) is 15.5. The van der Waals surface area contributed by atoms with Crippen molar-refractivity contribution in [3.8, 4) is 11.5 Å². The first-order valence-electron chi connectivity index (χ1n) is 9.28. The molecule has 3 aromatic rings. The van der Waals surface area contributed by atoms with Crippen LogP contribution in [-0.2, 0) is 11.2 Å². The highest BCUT2D eigenvalue weighted by Gasteiger charge is 2.22. The third-order valence-corrected chi connectivity index (χ3v) is 4.90. The fraction of sp³-hybridized carbons (Fsp3) is 0.273. The lowest BCUT2D eigenvalue weighted by molar-refractivity contribution is -0.130. The average Bonchev–Trinajstić information content (AvgIpc) is 3.17. The minimum Gasteiger partial charge on any atom is -0.444 e. The first-order valence-corrected chi connectivity index (χ1v) is 9.28. The Labute approximate surface area is 159 Å². The van der Waals surface area contributed by atoms with Gasteiger partial charge in [-0.3, -0.25) is 4.79 Å². The zero-order chi connectivity index (χ0) is 18.6. The number of carbonyl (C=O) groups is 1. The van der Waals surface area contributed by atoms with Gasteiger partial charge in [0.2, 0.25) is 11.8 Å². The minimum absolute atomic E-state index is 0.104. The molecule has 1 aliphatic rings. The molecular formula is C22H23N3O2. The van der Waals surface area contributed by atoms with E-state index in [1.54, 1.807) is 6.26 Å². The van der Waals surface area contributed by atoms with E-state index < -0.39 is 0 Å². The summed E-state index contributed by atoms with van der Waals surface area (Å²) < 4.78 is 5.53. The third-order valence-electron chi connectivity index (χ3n) is 4.90. The van der Waals surface area contributed by atoms with Crippen molar-refractivity contribution in [2.75, 3.05) is 31.1 Å². The molecule has 5 nitrogen and oxygen atoms in total. The van der Waals surface area contributed by atoms with Crippen molar-refractivity contribution in [1.82, 2.24) is 9.88 Å². The lowest BCUT2D eigenvalue weighted by atomic mass is 10.2. The van der Waals surface area contributed by atoms with Crippen LogP contribution in [0.1, 0.15) is 11.3 Å². The van der Waals surface area contributed by atoms with Crippen molar-refractivity contribution in [2.24, 2.45) is 0 Å². The van der Waals surface area contributed by atoms with E-state index in [9.17, 15) is 4.79 Å². The smallest absolute Gasteiger partial charge is 0.228 e. The Hall–Kier alpha value is -3.08. The number of rotatable bonds is 4. The first-order chi connectivity index (χ1) is 13.2. The maximum atomic E-state index is 12.6. The van der Waals surface area contributed by atoms with Crippen molar-refractivity contribution in [1.29, 1.82) is 0 Å². The Morgan fingerprint density at radius 1 is 1.04 bits per heavy atom. The predicted octanol–water partition coefficient (Wildman–Crippen LogP) is 3.54. The number of hydrogen-bond acceptors (Lipinski definition) is 4. The van der Waals surface area contributed by atoms with Gasteiger partial charge in [0.15, 0.2) is 0 Å². The third kappa shape index (κ3) is 4.03. The topological polar surface area (TPSA) is 49.6 Å². The SMILES string of the molecule is Cc1cccc(N2CCN(C(=O)Cc3coc(-c4ccccc4)n3)CC2)c1. The summed E-state index contributed by atoms with van der Waals surface area (Å²) in [6.45, 7) is 5.27. The summed E-state index contributed by atoms with van der Waals surface area (Å²) in [5.74, 6) is 0.662. The highest BCUT2D eigenvalue weighted by atomic mass is 16.3. The predicted molar refractivity (Wildman–Crippen MR) is 106 cm³/mol.